The van der Waals surface area contributed by atoms with Crippen molar-refractivity contribution in [2.75, 3.05) is 19.1 Å². The summed E-state index contributed by atoms with van der Waals surface area (Å²) in [6.45, 7) is 1.61. The minimum atomic E-state index is -3.27. The van der Waals surface area contributed by atoms with Crippen molar-refractivity contribution in [2.24, 2.45) is 0 Å². The fourth-order valence-corrected chi connectivity index (χ4v) is 4.37. The number of nitrogens with zero attached hydrogens (tertiary/aromatic N) is 1. The topological polar surface area (TPSA) is 71.5 Å². The van der Waals surface area contributed by atoms with Crippen molar-refractivity contribution >= 4 is 19.9 Å². The first-order chi connectivity index (χ1) is 6.64. The van der Waals surface area contributed by atoms with Gasteiger partial charge in [0.25, 0.3) is 0 Å². The quantitative estimate of drug-likeness (QED) is 0.684. The first kappa shape index (κ1) is 12.9. The van der Waals surface area contributed by atoms with E-state index in [4.69, 9.17) is 0 Å². The third-order valence-electron chi connectivity index (χ3n) is 2.51. The molecule has 1 rings (SSSR count). The average Bonchev–Trinajstić information content (AvgIpc) is 2.81. The molecule has 1 aliphatic carbocycles. The molecule has 0 N–H and O–H groups in total. The molecule has 0 saturated heterocycles. The second kappa shape index (κ2) is 4.03. The third kappa shape index (κ3) is 3.42. The predicted molar refractivity (Wildman–Crippen MR) is 58.9 cm³/mol. The van der Waals surface area contributed by atoms with Crippen LogP contribution in [0, 0.1) is 0 Å². The number of hydrogen-bond donors (Lipinski definition) is 0. The van der Waals surface area contributed by atoms with E-state index in [0.29, 0.717) is 12.8 Å². The van der Waals surface area contributed by atoms with Gasteiger partial charge in [0.1, 0.15) is 9.84 Å². The van der Waals surface area contributed by atoms with Gasteiger partial charge in [-0.15, -0.1) is 0 Å². The predicted octanol–water partition coefficient (Wildman–Crippen LogP) is -0.156. The molecule has 7 heteroatoms. The lowest BCUT2D eigenvalue weighted by Crippen LogP contribution is -2.40. The lowest BCUT2D eigenvalue weighted by molar-refractivity contribution is 0.409. The van der Waals surface area contributed by atoms with Gasteiger partial charge in [0, 0.05) is 19.3 Å². The molecule has 1 saturated carbocycles. The standard InChI is InChI=1S/C8H17NO4S2/c1-7(6-14(3,10)11)9(2)15(12,13)8-4-5-8/h7-8H,4-6H2,1-3H3. The number of hydrogen-bond acceptors (Lipinski definition) is 4. The van der Waals surface area contributed by atoms with Gasteiger partial charge in [-0.2, -0.15) is 0 Å². The molecule has 0 aliphatic heterocycles. The van der Waals surface area contributed by atoms with E-state index >= 15 is 0 Å². The van der Waals surface area contributed by atoms with E-state index in [1.807, 2.05) is 0 Å². The highest BCUT2D eigenvalue weighted by Crippen LogP contribution is 2.31. The molecule has 1 fully saturated rings. The van der Waals surface area contributed by atoms with Crippen molar-refractivity contribution in [3.05, 3.63) is 0 Å². The Morgan fingerprint density at radius 1 is 1.27 bits per heavy atom. The van der Waals surface area contributed by atoms with Crippen LogP contribution in [0.2, 0.25) is 0 Å². The summed E-state index contributed by atoms with van der Waals surface area (Å²) in [6, 6.07) is -0.495. The summed E-state index contributed by atoms with van der Waals surface area (Å²) in [5.41, 5.74) is 0. The summed E-state index contributed by atoms with van der Waals surface area (Å²) in [6.07, 6.45) is 2.50. The maximum absolute atomic E-state index is 11.8. The van der Waals surface area contributed by atoms with Crippen molar-refractivity contribution < 1.29 is 16.8 Å². The maximum atomic E-state index is 11.8. The van der Waals surface area contributed by atoms with Crippen LogP contribution < -0.4 is 0 Å². The van der Waals surface area contributed by atoms with E-state index in [1.165, 1.54) is 11.4 Å². The zero-order valence-electron chi connectivity index (χ0n) is 9.17. The van der Waals surface area contributed by atoms with Gasteiger partial charge in [-0.1, -0.05) is 0 Å². The monoisotopic (exact) mass is 255 g/mol. The van der Waals surface area contributed by atoms with Crippen molar-refractivity contribution in [1.82, 2.24) is 4.31 Å². The summed E-state index contributed by atoms with van der Waals surface area (Å²) in [5, 5.41) is -0.287. The van der Waals surface area contributed by atoms with E-state index in [9.17, 15) is 16.8 Å². The van der Waals surface area contributed by atoms with Crippen LogP contribution >= 0.6 is 0 Å². The molecule has 0 aromatic heterocycles. The average molecular weight is 255 g/mol. The molecule has 0 bridgehead atoms. The van der Waals surface area contributed by atoms with Gasteiger partial charge in [0.15, 0.2) is 0 Å². The Hall–Kier alpha value is -0.140. The molecular weight excluding hydrogens is 238 g/mol. The second-order valence-corrected chi connectivity index (χ2v) is 8.66. The molecule has 0 radical (unpaired) electrons. The normalized spacial score (nSPS) is 20.5. The van der Waals surface area contributed by atoms with Gasteiger partial charge < -0.3 is 0 Å². The molecule has 1 aliphatic rings. The first-order valence-electron chi connectivity index (χ1n) is 4.79. The SMILES string of the molecule is CC(CS(C)(=O)=O)N(C)S(=O)(=O)C1CC1. The van der Waals surface area contributed by atoms with Crippen molar-refractivity contribution in [3.8, 4) is 0 Å². The first-order valence-corrected chi connectivity index (χ1v) is 8.35. The molecule has 15 heavy (non-hydrogen) atoms. The zero-order valence-corrected chi connectivity index (χ0v) is 10.8. The molecule has 90 valence electrons. The molecule has 0 heterocycles. The molecule has 0 aromatic rings. The van der Waals surface area contributed by atoms with Crippen LogP contribution in [0.25, 0.3) is 0 Å². The fraction of sp³-hybridized carbons (Fsp3) is 1.00. The summed E-state index contributed by atoms with van der Waals surface area (Å²) in [7, 11) is -4.96. The van der Waals surface area contributed by atoms with Gasteiger partial charge in [0.2, 0.25) is 10.0 Å². The number of sulfone groups is 1. The van der Waals surface area contributed by atoms with Crippen LogP contribution in [-0.2, 0) is 19.9 Å². The molecule has 0 amide bonds. The van der Waals surface area contributed by atoms with Gasteiger partial charge in [-0.3, -0.25) is 0 Å². The second-order valence-electron chi connectivity index (χ2n) is 4.20. The van der Waals surface area contributed by atoms with E-state index in [1.54, 1.807) is 6.92 Å². The van der Waals surface area contributed by atoms with Crippen molar-refractivity contribution in [1.29, 1.82) is 0 Å². The minimum Gasteiger partial charge on any atom is -0.229 e. The van der Waals surface area contributed by atoms with Crippen LogP contribution in [0.1, 0.15) is 19.8 Å². The van der Waals surface area contributed by atoms with Gasteiger partial charge in [-0.25, -0.2) is 21.1 Å². The number of sulfonamides is 1. The van der Waals surface area contributed by atoms with Crippen LogP contribution in [0.5, 0.6) is 0 Å². The molecular formula is C8H17NO4S2. The fourth-order valence-electron chi connectivity index (χ4n) is 1.39. The molecule has 0 aromatic carbocycles. The Bertz CT molecular complexity index is 422. The maximum Gasteiger partial charge on any atom is 0.217 e. The van der Waals surface area contributed by atoms with Crippen LogP contribution in [0.15, 0.2) is 0 Å². The summed E-state index contributed by atoms with van der Waals surface area (Å²) in [5.74, 6) is -0.130. The molecule has 1 atom stereocenters. The lowest BCUT2D eigenvalue weighted by atomic mass is 10.4. The Morgan fingerprint density at radius 2 is 1.73 bits per heavy atom. The summed E-state index contributed by atoms with van der Waals surface area (Å²) >= 11 is 0. The highest BCUT2D eigenvalue weighted by Gasteiger charge is 2.40. The largest absolute Gasteiger partial charge is 0.229 e. The van der Waals surface area contributed by atoms with Gasteiger partial charge in [-0.05, 0) is 19.8 Å². The number of rotatable bonds is 5. The summed E-state index contributed by atoms with van der Waals surface area (Å²) in [4.78, 5) is 0. The molecule has 5 nitrogen and oxygen atoms in total. The zero-order chi connectivity index (χ0) is 11.9. The minimum absolute atomic E-state index is 0.130. The van der Waals surface area contributed by atoms with Crippen molar-refractivity contribution in [2.45, 2.75) is 31.1 Å². The van der Waals surface area contributed by atoms with Crippen LogP contribution in [0.4, 0.5) is 0 Å². The van der Waals surface area contributed by atoms with E-state index in [0.717, 1.165) is 6.26 Å². The van der Waals surface area contributed by atoms with E-state index < -0.39 is 25.9 Å². The lowest BCUT2D eigenvalue weighted by Gasteiger charge is -2.23. The van der Waals surface area contributed by atoms with E-state index in [-0.39, 0.29) is 11.0 Å². The highest BCUT2D eigenvalue weighted by atomic mass is 32.2. The summed E-state index contributed by atoms with van der Waals surface area (Å²) < 4.78 is 46.8. The Balaban J connectivity index is 2.72. The van der Waals surface area contributed by atoms with Crippen LogP contribution in [0.3, 0.4) is 0 Å². The van der Waals surface area contributed by atoms with Gasteiger partial charge in [0.05, 0.1) is 11.0 Å². The highest BCUT2D eigenvalue weighted by molar-refractivity contribution is 7.91. The third-order valence-corrected chi connectivity index (χ3v) is 6.08. The van der Waals surface area contributed by atoms with Crippen LogP contribution in [-0.4, -0.2) is 51.5 Å². The smallest absolute Gasteiger partial charge is 0.217 e. The Labute approximate surface area is 91.4 Å². The molecule has 0 spiro atoms. The molecule has 1 unspecified atom stereocenters. The Kier molecular flexibility index (Phi) is 3.47. The Morgan fingerprint density at radius 3 is 2.07 bits per heavy atom. The van der Waals surface area contributed by atoms with E-state index in [2.05, 4.69) is 0 Å². The van der Waals surface area contributed by atoms with Gasteiger partial charge >= 0.3 is 0 Å². The van der Waals surface area contributed by atoms with Crippen molar-refractivity contribution in [3.63, 3.8) is 0 Å².